The van der Waals surface area contributed by atoms with E-state index in [-0.39, 0.29) is 0 Å². The average molecular weight is 194 g/mol. The summed E-state index contributed by atoms with van der Waals surface area (Å²) in [7, 11) is 0. The smallest absolute Gasteiger partial charge is 0.239 e. The number of hydrogen-bond donors (Lipinski definition) is 1. The van der Waals surface area contributed by atoms with E-state index in [0.29, 0.717) is 24.1 Å². The molecule has 0 amide bonds. The highest BCUT2D eigenvalue weighted by atomic mass is 16.5. The van der Waals surface area contributed by atoms with Gasteiger partial charge in [-0.3, -0.25) is 4.68 Å². The molecule has 2 bridgehead atoms. The third-order valence-corrected chi connectivity index (χ3v) is 3.21. The van der Waals surface area contributed by atoms with Gasteiger partial charge in [-0.1, -0.05) is 0 Å². The van der Waals surface area contributed by atoms with E-state index in [0.717, 1.165) is 6.54 Å². The molecule has 0 aliphatic carbocycles. The summed E-state index contributed by atoms with van der Waals surface area (Å²) in [6.07, 6.45) is 6.27. The molecule has 1 aromatic heterocycles. The minimum Gasteiger partial charge on any atom is -0.375 e. The first-order valence-corrected chi connectivity index (χ1v) is 5.11. The summed E-state index contributed by atoms with van der Waals surface area (Å²) in [5.74, 6) is 0.962. The minimum absolute atomic E-state index is 0.356. The highest BCUT2D eigenvalue weighted by Gasteiger charge is 2.40. The molecule has 2 fully saturated rings. The molecule has 3 atom stereocenters. The van der Waals surface area contributed by atoms with Crippen LogP contribution in [0.5, 0.6) is 0 Å². The number of rotatable bonds is 2. The van der Waals surface area contributed by atoms with Gasteiger partial charge in [-0.25, -0.2) is 4.98 Å². The molecule has 3 rings (SSSR count). The molecule has 2 saturated heterocycles. The first kappa shape index (κ1) is 8.23. The fourth-order valence-electron chi connectivity index (χ4n) is 2.57. The summed E-state index contributed by atoms with van der Waals surface area (Å²) in [6.45, 7) is 0.894. The molecule has 2 N–H and O–H groups in total. The van der Waals surface area contributed by atoms with Gasteiger partial charge in [0.05, 0.1) is 12.2 Å². The lowest BCUT2D eigenvalue weighted by Crippen LogP contribution is -2.22. The normalized spacial score (nSPS) is 35.3. The summed E-state index contributed by atoms with van der Waals surface area (Å²) < 4.78 is 7.59. The number of hydrogen-bond acceptors (Lipinski definition) is 4. The number of nitrogens with zero attached hydrogens (tertiary/aromatic N) is 3. The van der Waals surface area contributed by atoms with Crippen LogP contribution in [0.4, 0.5) is 5.95 Å². The van der Waals surface area contributed by atoms with Crippen molar-refractivity contribution in [2.24, 2.45) is 5.92 Å². The maximum Gasteiger partial charge on any atom is 0.239 e. The quantitative estimate of drug-likeness (QED) is 0.741. The Kier molecular flexibility index (Phi) is 1.73. The highest BCUT2D eigenvalue weighted by Crippen LogP contribution is 2.39. The van der Waals surface area contributed by atoms with Gasteiger partial charge in [-0.05, 0) is 19.3 Å². The van der Waals surface area contributed by atoms with Gasteiger partial charge < -0.3 is 10.5 Å². The van der Waals surface area contributed by atoms with Crippen molar-refractivity contribution in [2.45, 2.75) is 38.0 Å². The Morgan fingerprint density at radius 2 is 2.50 bits per heavy atom. The van der Waals surface area contributed by atoms with E-state index >= 15 is 0 Å². The number of nitrogen functional groups attached to an aromatic ring is 1. The Hall–Kier alpha value is -1.10. The molecular weight excluding hydrogens is 180 g/mol. The molecule has 3 unspecified atom stereocenters. The molecule has 0 saturated carbocycles. The maximum absolute atomic E-state index is 5.77. The van der Waals surface area contributed by atoms with Crippen LogP contribution in [0, 0.1) is 5.92 Å². The largest absolute Gasteiger partial charge is 0.375 e. The molecule has 0 aromatic carbocycles. The van der Waals surface area contributed by atoms with E-state index < -0.39 is 0 Å². The molecule has 3 heterocycles. The van der Waals surface area contributed by atoms with E-state index in [1.165, 1.54) is 19.3 Å². The van der Waals surface area contributed by atoms with E-state index in [2.05, 4.69) is 10.1 Å². The molecule has 76 valence electrons. The lowest BCUT2D eigenvalue weighted by Gasteiger charge is -2.17. The number of nitrogens with two attached hydrogens (primary N) is 1. The number of anilines is 1. The minimum atomic E-state index is 0.356. The fraction of sp³-hybridized carbons (Fsp3) is 0.778. The van der Waals surface area contributed by atoms with Crippen molar-refractivity contribution in [2.75, 3.05) is 5.73 Å². The van der Waals surface area contributed by atoms with Crippen molar-refractivity contribution in [1.82, 2.24) is 14.8 Å². The second kappa shape index (κ2) is 2.95. The zero-order valence-electron chi connectivity index (χ0n) is 7.97. The molecule has 1 aromatic rings. The summed E-state index contributed by atoms with van der Waals surface area (Å²) in [6, 6.07) is 0. The predicted molar refractivity (Wildman–Crippen MR) is 50.4 cm³/mol. The molecule has 14 heavy (non-hydrogen) atoms. The molecule has 2 aliphatic heterocycles. The van der Waals surface area contributed by atoms with Gasteiger partial charge in [0, 0.05) is 12.5 Å². The van der Waals surface area contributed by atoms with Gasteiger partial charge in [-0.2, -0.15) is 0 Å². The monoisotopic (exact) mass is 194 g/mol. The van der Waals surface area contributed by atoms with Gasteiger partial charge in [0.15, 0.2) is 0 Å². The van der Waals surface area contributed by atoms with E-state index in [4.69, 9.17) is 10.5 Å². The lowest BCUT2D eigenvalue weighted by molar-refractivity contribution is 0.0893. The second-order valence-corrected chi connectivity index (χ2v) is 4.19. The Bertz CT molecular complexity index is 337. The van der Waals surface area contributed by atoms with Gasteiger partial charge in [0.25, 0.3) is 0 Å². The Labute approximate surface area is 82.3 Å². The predicted octanol–water partition coefficient (Wildman–Crippen LogP) is 0.428. The fourth-order valence-corrected chi connectivity index (χ4v) is 2.57. The van der Waals surface area contributed by atoms with Crippen molar-refractivity contribution in [3.05, 3.63) is 6.33 Å². The number of ether oxygens (including phenoxy) is 1. The van der Waals surface area contributed by atoms with Crippen LogP contribution in [0.3, 0.4) is 0 Å². The topological polar surface area (TPSA) is 66.0 Å². The van der Waals surface area contributed by atoms with Crippen molar-refractivity contribution < 1.29 is 4.74 Å². The standard InChI is InChI=1S/C9H14N4O/c10-9-11-5-13(12-9)4-6-3-7-1-2-8(6)14-7/h5-8H,1-4H2,(H2,10,12). The zero-order valence-corrected chi connectivity index (χ0v) is 7.97. The number of aromatic nitrogens is 3. The SMILES string of the molecule is Nc1ncn(CC2CC3CCC2O3)n1. The van der Waals surface area contributed by atoms with Crippen molar-refractivity contribution in [3.63, 3.8) is 0 Å². The van der Waals surface area contributed by atoms with Crippen LogP contribution in [0.2, 0.25) is 0 Å². The first-order chi connectivity index (χ1) is 6.81. The van der Waals surface area contributed by atoms with Gasteiger partial charge in [-0.15, -0.1) is 5.10 Å². The van der Waals surface area contributed by atoms with E-state index in [1.54, 1.807) is 6.33 Å². The van der Waals surface area contributed by atoms with Gasteiger partial charge in [0.2, 0.25) is 5.95 Å². The Morgan fingerprint density at radius 3 is 3.07 bits per heavy atom. The van der Waals surface area contributed by atoms with Crippen LogP contribution in [0.25, 0.3) is 0 Å². The van der Waals surface area contributed by atoms with Crippen LogP contribution in [-0.2, 0) is 11.3 Å². The van der Waals surface area contributed by atoms with Crippen LogP contribution in [0.1, 0.15) is 19.3 Å². The second-order valence-electron chi connectivity index (χ2n) is 4.19. The Balaban J connectivity index is 1.68. The van der Waals surface area contributed by atoms with E-state index in [9.17, 15) is 0 Å². The summed E-state index contributed by atoms with van der Waals surface area (Å²) in [5.41, 5.74) is 5.45. The first-order valence-electron chi connectivity index (χ1n) is 5.11. The molecular formula is C9H14N4O. The lowest BCUT2D eigenvalue weighted by atomic mass is 9.89. The number of fused-ring (bicyclic) bond motifs is 2. The van der Waals surface area contributed by atoms with Crippen molar-refractivity contribution >= 4 is 5.95 Å². The molecule has 0 radical (unpaired) electrons. The van der Waals surface area contributed by atoms with Crippen LogP contribution >= 0.6 is 0 Å². The van der Waals surface area contributed by atoms with Crippen molar-refractivity contribution in [1.29, 1.82) is 0 Å². The molecule has 0 spiro atoms. The molecule has 2 aliphatic rings. The summed E-state index contributed by atoms with van der Waals surface area (Å²) in [5, 5.41) is 4.09. The average Bonchev–Trinajstić information content (AvgIpc) is 2.82. The van der Waals surface area contributed by atoms with E-state index in [1.807, 2.05) is 4.68 Å². The van der Waals surface area contributed by atoms with Crippen LogP contribution in [-0.4, -0.2) is 27.0 Å². The highest BCUT2D eigenvalue weighted by molar-refractivity contribution is 5.09. The van der Waals surface area contributed by atoms with Crippen LogP contribution < -0.4 is 5.73 Å². The maximum atomic E-state index is 5.77. The van der Waals surface area contributed by atoms with Gasteiger partial charge in [0.1, 0.15) is 6.33 Å². The van der Waals surface area contributed by atoms with Crippen molar-refractivity contribution in [3.8, 4) is 0 Å². The zero-order chi connectivity index (χ0) is 9.54. The van der Waals surface area contributed by atoms with Gasteiger partial charge >= 0.3 is 0 Å². The third-order valence-electron chi connectivity index (χ3n) is 3.21. The summed E-state index contributed by atoms with van der Waals surface area (Å²) >= 11 is 0. The Morgan fingerprint density at radius 1 is 1.57 bits per heavy atom. The molecule has 5 nitrogen and oxygen atoms in total. The summed E-state index contributed by atoms with van der Waals surface area (Å²) in [4.78, 5) is 3.91. The third kappa shape index (κ3) is 1.28. The van der Waals surface area contributed by atoms with Crippen LogP contribution in [0.15, 0.2) is 6.33 Å². The molecule has 5 heteroatoms.